The summed E-state index contributed by atoms with van der Waals surface area (Å²) in [4.78, 5) is 22.5. The first-order valence-electron chi connectivity index (χ1n) is 6.39. The van der Waals surface area contributed by atoms with Gasteiger partial charge in [-0.1, -0.05) is 42.5 Å². The summed E-state index contributed by atoms with van der Waals surface area (Å²) in [6.07, 6.45) is 0. The molecule has 107 valence electrons. The molecule has 2 aromatic carbocycles. The molecule has 0 bridgehead atoms. The summed E-state index contributed by atoms with van der Waals surface area (Å²) in [5.74, 6) is -0.191. The van der Waals surface area contributed by atoms with Crippen molar-refractivity contribution in [1.82, 2.24) is 0 Å². The zero-order chi connectivity index (χ0) is 15.6. The third-order valence-corrected chi connectivity index (χ3v) is 4.70. The van der Waals surface area contributed by atoms with Crippen molar-refractivity contribution in [3.63, 3.8) is 0 Å². The lowest BCUT2D eigenvalue weighted by atomic mass is 10.0. The van der Waals surface area contributed by atoms with Crippen LogP contribution in [0, 0.1) is 10.1 Å². The van der Waals surface area contributed by atoms with Crippen LogP contribution in [0.5, 0.6) is 0 Å². The highest BCUT2D eigenvalue weighted by Gasteiger charge is 2.15. The molecule has 6 heteroatoms. The van der Waals surface area contributed by atoms with Crippen molar-refractivity contribution >= 4 is 31.1 Å². The van der Waals surface area contributed by atoms with Gasteiger partial charge in [-0.2, -0.15) is 0 Å². The van der Waals surface area contributed by atoms with E-state index in [-0.39, 0.29) is 17.2 Å². The van der Waals surface area contributed by atoms with Gasteiger partial charge in [0.25, 0.3) is 5.69 Å². The van der Waals surface area contributed by atoms with Crippen LogP contribution in [0.2, 0.25) is 13.1 Å². The van der Waals surface area contributed by atoms with Crippen LogP contribution in [0.25, 0.3) is 0 Å². The molecule has 0 aliphatic carbocycles. The lowest BCUT2D eigenvalue weighted by Crippen LogP contribution is -2.22. The molecule has 0 fully saturated rings. The Morgan fingerprint density at radius 3 is 2.14 bits per heavy atom. The molecule has 0 unspecified atom stereocenters. The molecule has 2 N–H and O–H groups in total. The summed E-state index contributed by atoms with van der Waals surface area (Å²) < 4.78 is 0. The molecule has 0 atom stereocenters. The Morgan fingerprint density at radius 1 is 1.10 bits per heavy atom. The number of rotatable bonds is 4. The van der Waals surface area contributed by atoms with Crippen molar-refractivity contribution in [3.8, 4) is 0 Å². The minimum absolute atomic E-state index is 0.00455. The van der Waals surface area contributed by atoms with Gasteiger partial charge in [0.1, 0.15) is 5.69 Å². The van der Waals surface area contributed by atoms with E-state index in [1.54, 1.807) is 12.1 Å². The maximum atomic E-state index is 12.3. The molecule has 21 heavy (non-hydrogen) atoms. The first kappa shape index (κ1) is 14.9. The molecule has 0 aromatic heterocycles. The van der Waals surface area contributed by atoms with Gasteiger partial charge >= 0.3 is 0 Å². The molecule has 0 aliphatic rings. The van der Waals surface area contributed by atoms with Crippen LogP contribution in [0.1, 0.15) is 15.9 Å². The Balaban J connectivity index is 2.31. The number of benzene rings is 2. The fourth-order valence-corrected chi connectivity index (χ4v) is 2.82. The summed E-state index contributed by atoms with van der Waals surface area (Å²) in [5, 5.41) is 12.0. The number of carbonyl (C=O) groups is 1. The van der Waals surface area contributed by atoms with Crippen molar-refractivity contribution < 1.29 is 9.72 Å². The summed E-state index contributed by atoms with van der Waals surface area (Å²) in [6, 6.07) is 11.5. The minimum atomic E-state index is -0.565. The molecule has 5 nitrogen and oxygen atoms in total. The van der Waals surface area contributed by atoms with Crippen LogP contribution in [0.4, 0.5) is 11.4 Å². The number of anilines is 1. The predicted molar refractivity (Wildman–Crippen MR) is 84.5 cm³/mol. The van der Waals surface area contributed by atoms with E-state index < -0.39 is 13.7 Å². The fourth-order valence-electron chi connectivity index (χ4n) is 1.98. The first-order valence-corrected chi connectivity index (χ1v) is 8.89. The molecule has 2 rings (SSSR count). The van der Waals surface area contributed by atoms with Crippen molar-refractivity contribution in [2.45, 2.75) is 13.1 Å². The van der Waals surface area contributed by atoms with Crippen LogP contribution in [0.15, 0.2) is 42.5 Å². The van der Waals surface area contributed by atoms with E-state index in [9.17, 15) is 14.9 Å². The van der Waals surface area contributed by atoms with E-state index in [2.05, 4.69) is 13.1 Å². The molecular formula is C15H15N2O3Si. The van der Waals surface area contributed by atoms with E-state index in [0.29, 0.717) is 11.1 Å². The SMILES string of the molecule is C[Si](C)c1ccc(C(=O)c2ccc([N+](=O)[O-])c(N)c2)cc1. The van der Waals surface area contributed by atoms with Crippen molar-refractivity contribution in [2.24, 2.45) is 0 Å². The molecule has 0 aliphatic heterocycles. The van der Waals surface area contributed by atoms with E-state index in [4.69, 9.17) is 5.73 Å². The number of nitrogens with zero attached hydrogens (tertiary/aromatic N) is 1. The van der Waals surface area contributed by atoms with E-state index in [1.165, 1.54) is 23.4 Å². The summed E-state index contributed by atoms with van der Waals surface area (Å²) >= 11 is 0. The molecule has 0 saturated heterocycles. The highest BCUT2D eigenvalue weighted by atomic mass is 28.3. The van der Waals surface area contributed by atoms with Crippen LogP contribution in [0.3, 0.4) is 0 Å². The van der Waals surface area contributed by atoms with Gasteiger partial charge in [0, 0.05) is 17.2 Å². The standard InChI is InChI=1S/C15H15N2O3Si/c1-21(2)12-6-3-10(4-7-12)15(18)11-5-8-14(17(19)20)13(16)9-11/h3-9H,16H2,1-2H3. The third kappa shape index (κ3) is 3.17. The predicted octanol–water partition coefficient (Wildman–Crippen LogP) is 2.37. The highest BCUT2D eigenvalue weighted by molar-refractivity contribution is 6.70. The van der Waals surface area contributed by atoms with Gasteiger partial charge in [0.2, 0.25) is 0 Å². The summed E-state index contributed by atoms with van der Waals surface area (Å²) in [7, 11) is -0.546. The average molecular weight is 299 g/mol. The number of nitro benzene ring substituents is 1. The molecule has 0 spiro atoms. The molecular weight excluding hydrogens is 284 g/mol. The van der Waals surface area contributed by atoms with Gasteiger partial charge in [-0.15, -0.1) is 0 Å². The number of hydrogen-bond donors (Lipinski definition) is 1. The maximum Gasteiger partial charge on any atom is 0.292 e. The average Bonchev–Trinajstić information content (AvgIpc) is 2.46. The zero-order valence-electron chi connectivity index (χ0n) is 11.8. The van der Waals surface area contributed by atoms with Gasteiger partial charge in [0.05, 0.1) is 13.7 Å². The summed E-state index contributed by atoms with van der Waals surface area (Å²) in [6.45, 7) is 4.36. The Hall–Kier alpha value is -2.47. The van der Waals surface area contributed by atoms with Gasteiger partial charge in [-0.3, -0.25) is 14.9 Å². The van der Waals surface area contributed by atoms with Gasteiger partial charge < -0.3 is 5.73 Å². The van der Waals surface area contributed by atoms with E-state index in [1.807, 2.05) is 12.1 Å². The maximum absolute atomic E-state index is 12.3. The van der Waals surface area contributed by atoms with E-state index >= 15 is 0 Å². The number of hydrogen-bond acceptors (Lipinski definition) is 4. The quantitative estimate of drug-likeness (QED) is 0.309. The first-order chi connectivity index (χ1) is 9.90. The molecule has 0 heterocycles. The molecule has 0 amide bonds. The minimum Gasteiger partial charge on any atom is -0.393 e. The second-order valence-corrected chi connectivity index (χ2v) is 7.51. The topological polar surface area (TPSA) is 86.2 Å². The van der Waals surface area contributed by atoms with Crippen molar-refractivity contribution in [2.75, 3.05) is 5.73 Å². The monoisotopic (exact) mass is 299 g/mol. The molecule has 0 saturated carbocycles. The van der Waals surface area contributed by atoms with Crippen LogP contribution in [-0.2, 0) is 0 Å². The summed E-state index contributed by atoms with van der Waals surface area (Å²) in [5.41, 5.74) is 6.32. The van der Waals surface area contributed by atoms with Gasteiger partial charge in [-0.05, 0) is 12.1 Å². The number of nitrogens with two attached hydrogens (primary N) is 1. The Labute approximate surface area is 124 Å². The molecule has 2 aromatic rings. The number of carbonyl (C=O) groups excluding carboxylic acids is 1. The number of nitrogen functional groups attached to an aromatic ring is 1. The highest BCUT2D eigenvalue weighted by Crippen LogP contribution is 2.23. The second-order valence-electron chi connectivity index (χ2n) is 4.94. The van der Waals surface area contributed by atoms with Gasteiger partial charge in [0.15, 0.2) is 5.78 Å². The number of nitro groups is 1. The van der Waals surface area contributed by atoms with Crippen molar-refractivity contribution in [3.05, 3.63) is 63.7 Å². The largest absolute Gasteiger partial charge is 0.393 e. The Kier molecular flexibility index (Phi) is 4.18. The van der Waals surface area contributed by atoms with Crippen LogP contribution < -0.4 is 10.9 Å². The van der Waals surface area contributed by atoms with Gasteiger partial charge in [-0.25, -0.2) is 0 Å². The third-order valence-electron chi connectivity index (χ3n) is 3.21. The smallest absolute Gasteiger partial charge is 0.292 e. The van der Waals surface area contributed by atoms with Crippen molar-refractivity contribution in [1.29, 1.82) is 0 Å². The zero-order valence-corrected chi connectivity index (χ0v) is 12.8. The van der Waals surface area contributed by atoms with E-state index in [0.717, 1.165) is 0 Å². The lowest BCUT2D eigenvalue weighted by molar-refractivity contribution is -0.383. The normalized spacial score (nSPS) is 10.6. The number of ketones is 1. The Bertz CT molecular complexity index is 697. The molecule has 1 radical (unpaired) electrons. The van der Waals surface area contributed by atoms with Crippen LogP contribution >= 0.6 is 0 Å². The Morgan fingerprint density at radius 2 is 1.67 bits per heavy atom. The van der Waals surface area contributed by atoms with Crippen LogP contribution in [-0.4, -0.2) is 19.5 Å². The fraction of sp³-hybridized carbons (Fsp3) is 0.133. The lowest BCUT2D eigenvalue weighted by Gasteiger charge is -2.06. The second kappa shape index (κ2) is 5.88.